The molecule has 0 aliphatic heterocycles. The zero-order chi connectivity index (χ0) is 17.3. The van der Waals surface area contributed by atoms with Crippen LogP contribution < -0.4 is 14.2 Å². The summed E-state index contributed by atoms with van der Waals surface area (Å²) in [6, 6.07) is 26.5. The average molecular weight is 333 g/mol. The third-order valence-electron chi connectivity index (χ3n) is 3.03. The second kappa shape index (κ2) is 8.31. The second-order valence-corrected chi connectivity index (χ2v) is 4.89. The van der Waals surface area contributed by atoms with Crippen LogP contribution in [0.2, 0.25) is 0 Å². The molecule has 0 unspecified atom stereocenters. The Morgan fingerprint density at radius 3 is 1.32 bits per heavy atom. The summed E-state index contributed by atoms with van der Waals surface area (Å²) in [5.74, 6) is 1.37. The van der Waals surface area contributed by atoms with Crippen LogP contribution in [0.3, 0.4) is 0 Å². The van der Waals surface area contributed by atoms with E-state index in [2.05, 4.69) is 4.99 Å². The quantitative estimate of drug-likeness (QED) is 0.515. The number of hydrogen-bond acceptors (Lipinski definition) is 4. The Morgan fingerprint density at radius 1 is 0.560 bits per heavy atom. The van der Waals surface area contributed by atoms with Crippen molar-refractivity contribution in [3.05, 3.63) is 91.0 Å². The fraction of sp³-hybridized carbons (Fsp3) is 0. The normalized spacial score (nSPS) is 9.76. The molecule has 124 valence electrons. The number of hydrogen-bond donors (Lipinski definition) is 0. The molecule has 0 aliphatic rings. The van der Waals surface area contributed by atoms with Gasteiger partial charge in [-0.05, 0) is 36.4 Å². The number of para-hydroxylation sites is 3. The molecule has 0 atom stereocenters. The first-order valence-electron chi connectivity index (χ1n) is 7.61. The van der Waals surface area contributed by atoms with Crippen LogP contribution >= 0.6 is 0 Å². The summed E-state index contributed by atoms with van der Waals surface area (Å²) in [6.45, 7) is 0. The molecule has 0 aliphatic carbocycles. The molecule has 1 amide bonds. The Labute approximate surface area is 145 Å². The molecule has 0 N–H and O–H groups in total. The predicted octanol–water partition coefficient (Wildman–Crippen LogP) is 4.70. The van der Waals surface area contributed by atoms with Gasteiger partial charge in [0, 0.05) is 0 Å². The van der Waals surface area contributed by atoms with Gasteiger partial charge in [-0.25, -0.2) is 4.79 Å². The lowest BCUT2D eigenvalue weighted by Gasteiger charge is -2.09. The van der Waals surface area contributed by atoms with E-state index in [9.17, 15) is 4.79 Å². The minimum atomic E-state index is -0.840. The fourth-order valence-electron chi connectivity index (χ4n) is 1.93. The van der Waals surface area contributed by atoms with Crippen molar-refractivity contribution < 1.29 is 19.0 Å². The Morgan fingerprint density at radius 2 is 0.920 bits per heavy atom. The first-order valence-corrected chi connectivity index (χ1v) is 7.61. The fourth-order valence-corrected chi connectivity index (χ4v) is 1.93. The highest BCUT2D eigenvalue weighted by Crippen LogP contribution is 2.14. The first-order chi connectivity index (χ1) is 12.3. The maximum Gasteiger partial charge on any atom is 0.445 e. The van der Waals surface area contributed by atoms with Crippen LogP contribution in [-0.2, 0) is 0 Å². The number of aliphatic imine (C=N–C) groups is 1. The molecule has 0 spiro atoms. The molecular weight excluding hydrogens is 318 g/mol. The molecule has 0 saturated carbocycles. The third-order valence-corrected chi connectivity index (χ3v) is 3.03. The molecule has 0 heterocycles. The number of nitrogens with zero attached hydrogens (tertiary/aromatic N) is 1. The van der Waals surface area contributed by atoms with Gasteiger partial charge in [-0.1, -0.05) is 54.6 Å². The minimum Gasteiger partial charge on any atom is -0.411 e. The number of carbonyl (C=O) groups is 1. The van der Waals surface area contributed by atoms with Gasteiger partial charge in [0.05, 0.1) is 0 Å². The summed E-state index contributed by atoms with van der Waals surface area (Å²) < 4.78 is 16.2. The summed E-state index contributed by atoms with van der Waals surface area (Å²) in [6.07, 6.45) is -1.06. The van der Waals surface area contributed by atoms with Gasteiger partial charge in [0.1, 0.15) is 17.2 Å². The van der Waals surface area contributed by atoms with Crippen LogP contribution in [-0.4, -0.2) is 12.2 Å². The molecule has 0 fully saturated rings. The van der Waals surface area contributed by atoms with Gasteiger partial charge >= 0.3 is 12.2 Å². The van der Waals surface area contributed by atoms with Crippen LogP contribution in [0, 0.1) is 0 Å². The van der Waals surface area contributed by atoms with Crippen molar-refractivity contribution in [1.29, 1.82) is 0 Å². The standard InChI is InChI=1S/C20H15NO4/c22-19(23-16-10-4-1-5-11-16)21-20(24-17-12-6-2-7-13-17)25-18-14-8-3-9-15-18/h1-15H. The predicted molar refractivity (Wildman–Crippen MR) is 94.0 cm³/mol. The van der Waals surface area contributed by atoms with Crippen LogP contribution in [0.4, 0.5) is 4.79 Å². The van der Waals surface area contributed by atoms with E-state index in [0.29, 0.717) is 17.2 Å². The molecule has 3 aromatic carbocycles. The lowest BCUT2D eigenvalue weighted by atomic mass is 10.3. The zero-order valence-corrected chi connectivity index (χ0v) is 13.2. The maximum atomic E-state index is 12.0. The van der Waals surface area contributed by atoms with E-state index in [4.69, 9.17) is 14.2 Å². The smallest absolute Gasteiger partial charge is 0.411 e. The van der Waals surface area contributed by atoms with Gasteiger partial charge in [0.15, 0.2) is 0 Å². The molecule has 0 radical (unpaired) electrons. The van der Waals surface area contributed by atoms with E-state index in [0.717, 1.165) is 0 Å². The first kappa shape index (κ1) is 16.3. The number of rotatable bonds is 3. The van der Waals surface area contributed by atoms with Crippen molar-refractivity contribution in [3.63, 3.8) is 0 Å². The molecule has 0 bridgehead atoms. The van der Waals surface area contributed by atoms with Gasteiger partial charge in [0.2, 0.25) is 0 Å². The van der Waals surface area contributed by atoms with Crippen LogP contribution in [0.25, 0.3) is 0 Å². The van der Waals surface area contributed by atoms with Gasteiger partial charge in [-0.2, -0.15) is 0 Å². The van der Waals surface area contributed by atoms with Gasteiger partial charge in [0.25, 0.3) is 0 Å². The largest absolute Gasteiger partial charge is 0.445 e. The summed E-state index contributed by atoms with van der Waals surface area (Å²) in [5, 5.41) is 0. The van der Waals surface area contributed by atoms with Crippen molar-refractivity contribution in [3.8, 4) is 17.2 Å². The number of benzene rings is 3. The number of carbonyl (C=O) groups excluding carboxylic acids is 1. The molecular formula is C20H15NO4. The van der Waals surface area contributed by atoms with Gasteiger partial charge in [-0.3, -0.25) is 0 Å². The van der Waals surface area contributed by atoms with Crippen molar-refractivity contribution in [2.75, 3.05) is 0 Å². The highest BCUT2D eigenvalue weighted by molar-refractivity contribution is 5.86. The Hall–Kier alpha value is -3.60. The third kappa shape index (κ3) is 5.21. The van der Waals surface area contributed by atoms with E-state index in [1.807, 2.05) is 18.2 Å². The Bertz CT molecular complexity index is 790. The van der Waals surface area contributed by atoms with Crippen molar-refractivity contribution in [1.82, 2.24) is 0 Å². The van der Waals surface area contributed by atoms with Crippen LogP contribution in [0.5, 0.6) is 17.2 Å². The van der Waals surface area contributed by atoms with Crippen LogP contribution in [0.15, 0.2) is 96.0 Å². The molecule has 25 heavy (non-hydrogen) atoms. The Kier molecular flexibility index (Phi) is 5.40. The van der Waals surface area contributed by atoms with E-state index >= 15 is 0 Å². The summed E-state index contributed by atoms with van der Waals surface area (Å²) in [7, 11) is 0. The summed E-state index contributed by atoms with van der Waals surface area (Å²) in [5.41, 5.74) is 0. The van der Waals surface area contributed by atoms with E-state index in [1.165, 1.54) is 0 Å². The number of amides is 1. The van der Waals surface area contributed by atoms with E-state index < -0.39 is 6.09 Å². The topological polar surface area (TPSA) is 57.1 Å². The highest BCUT2D eigenvalue weighted by atomic mass is 16.7. The van der Waals surface area contributed by atoms with E-state index in [-0.39, 0.29) is 6.08 Å². The lowest BCUT2D eigenvalue weighted by Crippen LogP contribution is -2.20. The van der Waals surface area contributed by atoms with Gasteiger partial charge in [-0.15, -0.1) is 4.99 Å². The minimum absolute atomic E-state index is 0.224. The molecule has 5 heteroatoms. The molecule has 0 aromatic heterocycles. The maximum absolute atomic E-state index is 12.0. The summed E-state index contributed by atoms with van der Waals surface area (Å²) in [4.78, 5) is 15.8. The van der Waals surface area contributed by atoms with Gasteiger partial charge < -0.3 is 14.2 Å². The van der Waals surface area contributed by atoms with Crippen molar-refractivity contribution >= 4 is 12.2 Å². The van der Waals surface area contributed by atoms with E-state index in [1.54, 1.807) is 72.8 Å². The molecule has 5 nitrogen and oxygen atoms in total. The average Bonchev–Trinajstić information content (AvgIpc) is 2.64. The molecule has 0 saturated heterocycles. The summed E-state index contributed by atoms with van der Waals surface area (Å²) >= 11 is 0. The Balaban J connectivity index is 1.78. The SMILES string of the molecule is O=C(N=C(Oc1ccccc1)Oc1ccccc1)Oc1ccccc1. The van der Waals surface area contributed by atoms with Crippen molar-refractivity contribution in [2.24, 2.45) is 4.99 Å². The lowest BCUT2D eigenvalue weighted by molar-refractivity contribution is 0.209. The van der Waals surface area contributed by atoms with Crippen molar-refractivity contribution in [2.45, 2.75) is 0 Å². The monoisotopic (exact) mass is 333 g/mol. The van der Waals surface area contributed by atoms with Crippen LogP contribution in [0.1, 0.15) is 0 Å². The molecule has 3 aromatic rings. The molecule has 3 rings (SSSR count). The highest BCUT2D eigenvalue weighted by Gasteiger charge is 2.11. The number of ether oxygens (including phenoxy) is 3. The zero-order valence-electron chi connectivity index (χ0n) is 13.2. The second-order valence-electron chi connectivity index (χ2n) is 4.89.